The number of rotatable bonds is 4. The predicted octanol–water partition coefficient (Wildman–Crippen LogP) is 1.87. The lowest BCUT2D eigenvalue weighted by Crippen LogP contribution is -2.06. The fourth-order valence-corrected chi connectivity index (χ4v) is 1.80. The first-order chi connectivity index (χ1) is 8.15. The van der Waals surface area contributed by atoms with Crippen LogP contribution in [0.25, 0.3) is 0 Å². The first kappa shape index (κ1) is 11.4. The summed E-state index contributed by atoms with van der Waals surface area (Å²) in [4.78, 5) is 14.9. The van der Waals surface area contributed by atoms with Gasteiger partial charge in [0.15, 0.2) is 0 Å². The monoisotopic (exact) mass is 230 g/mol. The van der Waals surface area contributed by atoms with Gasteiger partial charge in [-0.2, -0.15) is 0 Å². The Hall–Kier alpha value is -2.10. The average molecular weight is 230 g/mol. The van der Waals surface area contributed by atoms with E-state index in [4.69, 9.17) is 5.11 Å². The predicted molar refractivity (Wildman–Crippen MR) is 63.8 cm³/mol. The topological polar surface area (TPSA) is 55.1 Å². The number of carbonyl (C=O) groups is 1. The van der Waals surface area contributed by atoms with Crippen LogP contribution >= 0.6 is 0 Å². The number of hydrogen-bond acceptors (Lipinski definition) is 2. The summed E-state index contributed by atoms with van der Waals surface area (Å²) < 4.78 is 1.95. The molecule has 0 saturated heterocycles. The van der Waals surface area contributed by atoms with Crippen molar-refractivity contribution in [1.29, 1.82) is 0 Å². The number of nitrogens with zero attached hydrogens (tertiary/aromatic N) is 2. The van der Waals surface area contributed by atoms with E-state index in [0.717, 1.165) is 16.8 Å². The maximum atomic E-state index is 10.8. The van der Waals surface area contributed by atoms with Crippen molar-refractivity contribution in [3.05, 3.63) is 53.6 Å². The summed E-state index contributed by atoms with van der Waals surface area (Å²) in [7, 11) is 0. The molecule has 17 heavy (non-hydrogen) atoms. The largest absolute Gasteiger partial charge is 0.481 e. The molecule has 0 aliphatic carbocycles. The second-order valence-electron chi connectivity index (χ2n) is 4.03. The molecule has 1 aromatic carbocycles. The van der Waals surface area contributed by atoms with Crippen LogP contribution in [0.4, 0.5) is 0 Å². The van der Waals surface area contributed by atoms with Crippen LogP contribution in [0.15, 0.2) is 36.8 Å². The van der Waals surface area contributed by atoms with E-state index < -0.39 is 5.97 Å². The van der Waals surface area contributed by atoms with E-state index in [-0.39, 0.29) is 6.42 Å². The van der Waals surface area contributed by atoms with Gasteiger partial charge in [-0.3, -0.25) is 4.79 Å². The Bertz CT molecular complexity index is 532. The minimum absolute atomic E-state index is 0.0594. The molecule has 0 aliphatic heterocycles. The van der Waals surface area contributed by atoms with Crippen LogP contribution in [0, 0.1) is 6.92 Å². The highest BCUT2D eigenvalue weighted by Gasteiger charge is 2.06. The van der Waals surface area contributed by atoms with Crippen molar-refractivity contribution in [2.45, 2.75) is 19.9 Å². The van der Waals surface area contributed by atoms with E-state index >= 15 is 0 Å². The lowest BCUT2D eigenvalue weighted by atomic mass is 10.0. The number of carboxylic acids is 1. The standard InChI is InChI=1S/C13H14N2O2/c1-10-7-15(9-14-10)8-12-5-3-2-4-11(12)6-13(16)17/h2-5,7,9H,6,8H2,1H3,(H,16,17). The molecule has 0 bridgehead atoms. The van der Waals surface area contributed by atoms with Gasteiger partial charge in [0.2, 0.25) is 0 Å². The molecule has 1 heterocycles. The Morgan fingerprint density at radius 1 is 1.35 bits per heavy atom. The Labute approximate surface area is 99.5 Å². The molecule has 0 amide bonds. The Morgan fingerprint density at radius 2 is 2.06 bits per heavy atom. The third kappa shape index (κ3) is 2.93. The number of carboxylic acid groups (broad SMARTS) is 1. The second kappa shape index (κ2) is 4.82. The van der Waals surface area contributed by atoms with Gasteiger partial charge in [0.05, 0.1) is 18.4 Å². The number of imidazole rings is 1. The molecule has 4 heteroatoms. The minimum atomic E-state index is -0.806. The van der Waals surface area contributed by atoms with E-state index in [1.165, 1.54) is 0 Å². The van der Waals surface area contributed by atoms with E-state index in [1.807, 2.05) is 42.0 Å². The van der Waals surface area contributed by atoms with Crippen LogP contribution in [0.2, 0.25) is 0 Å². The first-order valence-electron chi connectivity index (χ1n) is 5.42. The molecule has 0 aliphatic rings. The molecule has 0 radical (unpaired) electrons. The van der Waals surface area contributed by atoms with Gasteiger partial charge in [-0.25, -0.2) is 4.98 Å². The van der Waals surface area contributed by atoms with Crippen molar-refractivity contribution < 1.29 is 9.90 Å². The molecular formula is C13H14N2O2. The zero-order valence-electron chi connectivity index (χ0n) is 9.63. The molecule has 0 unspecified atom stereocenters. The fraction of sp³-hybridized carbons (Fsp3) is 0.231. The summed E-state index contributed by atoms with van der Waals surface area (Å²) in [5.74, 6) is -0.806. The van der Waals surface area contributed by atoms with Crippen LogP contribution in [-0.4, -0.2) is 20.6 Å². The van der Waals surface area contributed by atoms with Gasteiger partial charge in [-0.15, -0.1) is 0 Å². The first-order valence-corrected chi connectivity index (χ1v) is 5.42. The summed E-state index contributed by atoms with van der Waals surface area (Å²) in [5, 5.41) is 8.84. The molecule has 0 saturated carbocycles. The third-order valence-electron chi connectivity index (χ3n) is 2.58. The minimum Gasteiger partial charge on any atom is -0.481 e. The van der Waals surface area contributed by atoms with Crippen molar-refractivity contribution in [2.75, 3.05) is 0 Å². The second-order valence-corrected chi connectivity index (χ2v) is 4.03. The number of aliphatic carboxylic acids is 1. The highest BCUT2D eigenvalue weighted by molar-refractivity contribution is 5.70. The summed E-state index contributed by atoms with van der Waals surface area (Å²) in [6.45, 7) is 2.59. The van der Waals surface area contributed by atoms with E-state index in [1.54, 1.807) is 6.33 Å². The summed E-state index contributed by atoms with van der Waals surface area (Å²) >= 11 is 0. The van der Waals surface area contributed by atoms with Gasteiger partial charge in [-0.1, -0.05) is 24.3 Å². The van der Waals surface area contributed by atoms with Crippen LogP contribution in [0.3, 0.4) is 0 Å². The fourth-order valence-electron chi connectivity index (χ4n) is 1.80. The van der Waals surface area contributed by atoms with Crippen molar-refractivity contribution in [3.63, 3.8) is 0 Å². The molecule has 0 spiro atoms. The normalized spacial score (nSPS) is 10.4. The van der Waals surface area contributed by atoms with Crippen LogP contribution in [0.5, 0.6) is 0 Å². The molecule has 4 nitrogen and oxygen atoms in total. The molecule has 0 atom stereocenters. The number of hydrogen-bond donors (Lipinski definition) is 1. The van der Waals surface area contributed by atoms with Gasteiger partial charge >= 0.3 is 5.97 Å². The molecule has 2 aromatic rings. The summed E-state index contributed by atoms with van der Waals surface area (Å²) in [6.07, 6.45) is 3.76. The van der Waals surface area contributed by atoms with E-state index in [2.05, 4.69) is 4.98 Å². The van der Waals surface area contributed by atoms with Crippen molar-refractivity contribution in [1.82, 2.24) is 9.55 Å². The molecule has 1 aromatic heterocycles. The Morgan fingerprint density at radius 3 is 2.65 bits per heavy atom. The number of benzene rings is 1. The quantitative estimate of drug-likeness (QED) is 0.872. The molecule has 88 valence electrons. The Balaban J connectivity index is 2.23. The zero-order chi connectivity index (χ0) is 12.3. The lowest BCUT2D eigenvalue weighted by molar-refractivity contribution is -0.136. The summed E-state index contributed by atoms with van der Waals surface area (Å²) in [6, 6.07) is 7.59. The molecular weight excluding hydrogens is 216 g/mol. The SMILES string of the molecule is Cc1cn(Cc2ccccc2CC(=O)O)cn1. The molecule has 1 N–H and O–H groups in total. The van der Waals surface area contributed by atoms with Crippen molar-refractivity contribution in [3.8, 4) is 0 Å². The zero-order valence-corrected chi connectivity index (χ0v) is 9.63. The van der Waals surface area contributed by atoms with Gasteiger partial charge < -0.3 is 9.67 Å². The maximum absolute atomic E-state index is 10.8. The van der Waals surface area contributed by atoms with Crippen LogP contribution < -0.4 is 0 Å². The van der Waals surface area contributed by atoms with Gasteiger partial charge in [0.25, 0.3) is 0 Å². The van der Waals surface area contributed by atoms with Gasteiger partial charge in [0.1, 0.15) is 0 Å². The highest BCUT2D eigenvalue weighted by Crippen LogP contribution is 2.11. The maximum Gasteiger partial charge on any atom is 0.307 e. The Kier molecular flexibility index (Phi) is 3.23. The average Bonchev–Trinajstić information content (AvgIpc) is 2.66. The van der Waals surface area contributed by atoms with Gasteiger partial charge in [0, 0.05) is 12.7 Å². The van der Waals surface area contributed by atoms with Crippen LogP contribution in [-0.2, 0) is 17.8 Å². The van der Waals surface area contributed by atoms with E-state index in [0.29, 0.717) is 6.54 Å². The third-order valence-corrected chi connectivity index (χ3v) is 2.58. The number of aromatic nitrogens is 2. The number of aryl methyl sites for hydroxylation is 1. The van der Waals surface area contributed by atoms with Gasteiger partial charge in [-0.05, 0) is 18.1 Å². The lowest BCUT2D eigenvalue weighted by Gasteiger charge is -2.08. The summed E-state index contributed by atoms with van der Waals surface area (Å²) in [5.41, 5.74) is 2.83. The van der Waals surface area contributed by atoms with Crippen molar-refractivity contribution in [2.24, 2.45) is 0 Å². The van der Waals surface area contributed by atoms with E-state index in [9.17, 15) is 4.79 Å². The van der Waals surface area contributed by atoms with Crippen molar-refractivity contribution >= 4 is 5.97 Å². The highest BCUT2D eigenvalue weighted by atomic mass is 16.4. The van der Waals surface area contributed by atoms with Crippen LogP contribution in [0.1, 0.15) is 16.8 Å². The smallest absolute Gasteiger partial charge is 0.307 e. The molecule has 0 fully saturated rings. The molecule has 2 rings (SSSR count).